The van der Waals surface area contributed by atoms with Gasteiger partial charge in [-0.25, -0.2) is 4.39 Å². The van der Waals surface area contributed by atoms with E-state index in [0.29, 0.717) is 23.4 Å². The molecular weight excluding hydrogens is 307 g/mol. The van der Waals surface area contributed by atoms with Gasteiger partial charge in [0.05, 0.1) is 6.54 Å². The molecule has 0 atom stereocenters. The fraction of sp³-hybridized carbons (Fsp3) is 0.158. The van der Waals surface area contributed by atoms with E-state index in [2.05, 4.69) is 11.9 Å². The fourth-order valence-electron chi connectivity index (χ4n) is 2.76. The van der Waals surface area contributed by atoms with Crippen LogP contribution in [-0.4, -0.2) is 11.8 Å². The highest BCUT2D eigenvalue weighted by Gasteiger charge is 2.22. The molecule has 0 radical (unpaired) electrons. The van der Waals surface area contributed by atoms with Gasteiger partial charge in [-0.1, -0.05) is 24.8 Å². The van der Waals surface area contributed by atoms with Gasteiger partial charge in [-0.15, -0.1) is 0 Å². The van der Waals surface area contributed by atoms with Gasteiger partial charge in [-0.3, -0.25) is 9.59 Å². The molecule has 0 saturated heterocycles. The van der Waals surface area contributed by atoms with E-state index in [0.717, 1.165) is 11.1 Å². The molecule has 1 N–H and O–H groups in total. The zero-order chi connectivity index (χ0) is 17.3. The Balaban J connectivity index is 1.96. The highest BCUT2D eigenvalue weighted by molar-refractivity contribution is 6.03. The van der Waals surface area contributed by atoms with Crippen LogP contribution >= 0.6 is 0 Å². The number of nitrogens with one attached hydrogen (secondary N) is 1. The third-order valence-corrected chi connectivity index (χ3v) is 4.09. The van der Waals surface area contributed by atoms with Gasteiger partial charge in [0.15, 0.2) is 0 Å². The maximum absolute atomic E-state index is 13.4. The molecule has 0 saturated carbocycles. The number of aryl methyl sites for hydroxylation is 1. The number of anilines is 1. The largest absolute Gasteiger partial charge is 0.348 e. The molecule has 4 nitrogen and oxygen atoms in total. The Morgan fingerprint density at radius 3 is 2.83 bits per heavy atom. The molecular formula is C19H17FN2O2. The summed E-state index contributed by atoms with van der Waals surface area (Å²) < 4.78 is 13.4. The van der Waals surface area contributed by atoms with E-state index in [1.165, 1.54) is 17.0 Å². The summed E-state index contributed by atoms with van der Waals surface area (Å²) in [7, 11) is 0. The number of halogens is 1. The maximum atomic E-state index is 13.4. The van der Waals surface area contributed by atoms with Crippen molar-refractivity contribution in [2.45, 2.75) is 20.0 Å². The van der Waals surface area contributed by atoms with Crippen LogP contribution in [0.25, 0.3) is 0 Å². The number of carbonyl (C=O) groups excluding carboxylic acids is 2. The minimum Gasteiger partial charge on any atom is -0.348 e. The van der Waals surface area contributed by atoms with Crippen LogP contribution in [0.1, 0.15) is 27.0 Å². The van der Waals surface area contributed by atoms with E-state index in [1.807, 2.05) is 6.07 Å². The number of carbonyl (C=O) groups is 2. The van der Waals surface area contributed by atoms with Crippen LogP contribution in [-0.2, 0) is 17.9 Å². The lowest BCUT2D eigenvalue weighted by molar-refractivity contribution is -0.114. The second-order valence-corrected chi connectivity index (χ2v) is 5.74. The van der Waals surface area contributed by atoms with Crippen LogP contribution in [0.2, 0.25) is 0 Å². The lowest BCUT2D eigenvalue weighted by atomic mass is 10.1. The Morgan fingerprint density at radius 1 is 1.33 bits per heavy atom. The van der Waals surface area contributed by atoms with Crippen molar-refractivity contribution in [1.29, 1.82) is 0 Å². The van der Waals surface area contributed by atoms with Crippen LogP contribution in [0.15, 0.2) is 49.1 Å². The lowest BCUT2D eigenvalue weighted by Crippen LogP contribution is -2.28. The summed E-state index contributed by atoms with van der Waals surface area (Å²) in [5.74, 6) is -0.708. The van der Waals surface area contributed by atoms with Gasteiger partial charge in [0, 0.05) is 17.8 Å². The number of hydrogen-bond acceptors (Lipinski definition) is 2. The van der Waals surface area contributed by atoms with Crippen LogP contribution in [0, 0.1) is 12.7 Å². The summed E-state index contributed by atoms with van der Waals surface area (Å²) in [6, 6.07) is 10.1. The predicted octanol–water partition coefficient (Wildman–Crippen LogP) is 3.10. The zero-order valence-electron chi connectivity index (χ0n) is 13.3. The van der Waals surface area contributed by atoms with E-state index < -0.39 is 0 Å². The van der Waals surface area contributed by atoms with Crippen molar-refractivity contribution in [3.8, 4) is 0 Å². The van der Waals surface area contributed by atoms with Gasteiger partial charge in [0.2, 0.25) is 0 Å². The summed E-state index contributed by atoms with van der Waals surface area (Å²) in [6.45, 7) is 5.99. The van der Waals surface area contributed by atoms with Crippen molar-refractivity contribution in [3.63, 3.8) is 0 Å². The van der Waals surface area contributed by atoms with Crippen LogP contribution in [0.5, 0.6) is 0 Å². The van der Waals surface area contributed by atoms with E-state index in [-0.39, 0.29) is 24.2 Å². The van der Waals surface area contributed by atoms with Crippen molar-refractivity contribution in [3.05, 3.63) is 77.1 Å². The quantitative estimate of drug-likeness (QED) is 0.879. The summed E-state index contributed by atoms with van der Waals surface area (Å²) in [6.07, 6.45) is 1.23. The average Bonchev–Trinajstić information content (AvgIpc) is 2.96. The average molecular weight is 324 g/mol. The molecule has 3 rings (SSSR count). The number of benzene rings is 2. The number of nitrogens with zero attached hydrogens (tertiary/aromatic N) is 1. The van der Waals surface area contributed by atoms with Gasteiger partial charge < -0.3 is 10.2 Å². The van der Waals surface area contributed by atoms with Crippen molar-refractivity contribution in [2.75, 3.05) is 4.90 Å². The van der Waals surface area contributed by atoms with Gasteiger partial charge >= 0.3 is 0 Å². The van der Waals surface area contributed by atoms with Crippen molar-refractivity contribution in [2.24, 2.45) is 0 Å². The van der Waals surface area contributed by atoms with Gasteiger partial charge in [-0.2, -0.15) is 0 Å². The Labute approximate surface area is 139 Å². The molecule has 0 bridgehead atoms. The maximum Gasteiger partial charge on any atom is 0.251 e. The second-order valence-electron chi connectivity index (χ2n) is 5.74. The van der Waals surface area contributed by atoms with Crippen molar-refractivity contribution >= 4 is 17.5 Å². The van der Waals surface area contributed by atoms with E-state index in [4.69, 9.17) is 0 Å². The fourth-order valence-corrected chi connectivity index (χ4v) is 2.76. The van der Waals surface area contributed by atoms with E-state index in [1.54, 1.807) is 31.2 Å². The molecule has 0 aliphatic carbocycles. The highest BCUT2D eigenvalue weighted by atomic mass is 19.1. The molecule has 1 heterocycles. The van der Waals surface area contributed by atoms with Crippen molar-refractivity contribution in [1.82, 2.24) is 5.32 Å². The highest BCUT2D eigenvalue weighted by Crippen LogP contribution is 2.25. The van der Waals surface area contributed by atoms with Gasteiger partial charge in [-0.05, 0) is 47.9 Å². The lowest BCUT2D eigenvalue weighted by Gasteiger charge is -2.22. The molecule has 122 valence electrons. The first-order valence-corrected chi connectivity index (χ1v) is 7.59. The number of amides is 2. The first-order chi connectivity index (χ1) is 11.5. The molecule has 5 heteroatoms. The predicted molar refractivity (Wildman–Crippen MR) is 90.1 cm³/mol. The number of hydrogen-bond donors (Lipinski definition) is 1. The zero-order valence-corrected chi connectivity index (χ0v) is 13.3. The Hall–Kier alpha value is -2.95. The molecule has 0 aromatic heterocycles. The van der Waals surface area contributed by atoms with Crippen LogP contribution in [0.4, 0.5) is 10.1 Å². The Bertz CT molecular complexity index is 845. The third-order valence-electron chi connectivity index (χ3n) is 4.09. The summed E-state index contributed by atoms with van der Waals surface area (Å²) in [5.41, 5.74) is 3.41. The first kappa shape index (κ1) is 15.9. The molecule has 0 fully saturated rings. The molecule has 1 aliphatic heterocycles. The van der Waals surface area contributed by atoms with Crippen molar-refractivity contribution < 1.29 is 14.0 Å². The smallest absolute Gasteiger partial charge is 0.251 e. The normalized spacial score (nSPS) is 12.5. The molecule has 2 aromatic rings. The Kier molecular flexibility index (Phi) is 4.16. The van der Waals surface area contributed by atoms with Crippen LogP contribution in [0.3, 0.4) is 0 Å². The minimum absolute atomic E-state index is 0.143. The molecule has 0 unspecified atom stereocenters. The van der Waals surface area contributed by atoms with Crippen LogP contribution < -0.4 is 10.2 Å². The van der Waals surface area contributed by atoms with Gasteiger partial charge in [0.1, 0.15) is 5.82 Å². The first-order valence-electron chi connectivity index (χ1n) is 7.59. The summed E-state index contributed by atoms with van der Waals surface area (Å²) in [5, 5.41) is 2.75. The van der Waals surface area contributed by atoms with Gasteiger partial charge in [0.25, 0.3) is 11.8 Å². The van der Waals surface area contributed by atoms with E-state index >= 15 is 0 Å². The van der Waals surface area contributed by atoms with E-state index in [9.17, 15) is 14.0 Å². The molecule has 1 aliphatic rings. The number of fused-ring (bicyclic) bond motifs is 1. The molecule has 2 aromatic carbocycles. The molecule has 0 spiro atoms. The molecule has 24 heavy (non-hydrogen) atoms. The topological polar surface area (TPSA) is 49.4 Å². The minimum atomic E-state index is -0.283. The SMILES string of the molecule is C=CC(=O)N(Cc1ccc(F)c(C)c1)c1ccc2c(c1)C(=O)NC2. The standard InChI is InChI=1S/C19H17FN2O2/c1-3-18(23)22(11-13-4-7-17(20)12(2)8-13)15-6-5-14-10-21-19(24)16(14)9-15/h3-9H,1,10-11H2,2H3,(H,21,24). The molecule has 2 amide bonds. The second kappa shape index (κ2) is 6.28. The summed E-state index contributed by atoms with van der Waals surface area (Å²) >= 11 is 0. The Morgan fingerprint density at radius 2 is 2.12 bits per heavy atom. The summed E-state index contributed by atoms with van der Waals surface area (Å²) in [4.78, 5) is 25.6. The monoisotopic (exact) mass is 324 g/mol. The third kappa shape index (κ3) is 2.93. The number of rotatable bonds is 4.